The van der Waals surface area contributed by atoms with Crippen LogP contribution in [0, 0.1) is 12.8 Å². The van der Waals surface area contributed by atoms with Crippen LogP contribution in [0.4, 0.5) is 0 Å². The van der Waals surface area contributed by atoms with Gasteiger partial charge < -0.3 is 4.43 Å². The van der Waals surface area contributed by atoms with Crippen molar-refractivity contribution in [3.63, 3.8) is 0 Å². The Balaban J connectivity index is 2.36. The summed E-state index contributed by atoms with van der Waals surface area (Å²) < 4.78 is 35.6. The maximum atomic E-state index is 12.1. The Kier molecular flexibility index (Phi) is 7.86. The summed E-state index contributed by atoms with van der Waals surface area (Å²) in [6.45, 7) is 16.2. The summed E-state index contributed by atoms with van der Waals surface area (Å²) in [6.07, 6.45) is 1.59. The van der Waals surface area contributed by atoms with Crippen LogP contribution in [0.3, 0.4) is 0 Å². The predicted octanol–water partition coefficient (Wildman–Crippen LogP) is 5.14. The van der Waals surface area contributed by atoms with E-state index >= 15 is 0 Å². The van der Waals surface area contributed by atoms with Gasteiger partial charge in [-0.3, -0.25) is 4.18 Å². The zero-order chi connectivity index (χ0) is 19.3. The molecule has 0 aliphatic rings. The molecule has 0 amide bonds. The fraction of sp³-hybridized carbons (Fsp3) is 0.684. The highest BCUT2D eigenvalue weighted by atomic mass is 32.2. The largest absolute Gasteiger partial charge is 0.417 e. The van der Waals surface area contributed by atoms with Crippen molar-refractivity contribution in [2.75, 3.05) is 13.2 Å². The molecule has 1 atom stereocenters. The van der Waals surface area contributed by atoms with Crippen molar-refractivity contribution in [1.82, 2.24) is 0 Å². The van der Waals surface area contributed by atoms with Gasteiger partial charge in [0, 0.05) is 6.61 Å². The summed E-state index contributed by atoms with van der Waals surface area (Å²) in [6, 6.07) is 6.72. The second kappa shape index (κ2) is 8.80. The molecule has 0 N–H and O–H groups in total. The molecule has 0 aromatic heterocycles. The van der Waals surface area contributed by atoms with Crippen LogP contribution in [0.15, 0.2) is 29.2 Å². The Bertz CT molecular complexity index is 630. The van der Waals surface area contributed by atoms with Gasteiger partial charge in [-0.15, -0.1) is 0 Å². The van der Waals surface area contributed by atoms with E-state index in [0.717, 1.165) is 18.6 Å². The molecule has 0 radical (unpaired) electrons. The third-order valence-corrected chi connectivity index (χ3v) is 10.8. The first kappa shape index (κ1) is 22.3. The average Bonchev–Trinajstić information content (AvgIpc) is 2.49. The minimum atomic E-state index is -3.65. The van der Waals surface area contributed by atoms with E-state index in [1.54, 1.807) is 24.3 Å². The van der Waals surface area contributed by atoms with Gasteiger partial charge in [-0.1, -0.05) is 45.4 Å². The van der Waals surface area contributed by atoms with Crippen LogP contribution in [-0.4, -0.2) is 29.9 Å². The van der Waals surface area contributed by atoms with E-state index in [-0.39, 0.29) is 16.5 Å². The minimum Gasteiger partial charge on any atom is -0.417 e. The molecule has 0 saturated carbocycles. The molecule has 0 fully saturated rings. The standard InChI is InChI=1S/C19H34O4SSi/c1-16-10-12-18(13-11-16)24(20,21)22-14-8-9-17(2)15-23-25(6,7)19(3,4)5/h10-13,17H,8-9,14-15H2,1-7H3/t17-/m0/s1. The van der Waals surface area contributed by atoms with E-state index in [2.05, 4.69) is 40.8 Å². The molecule has 1 aromatic carbocycles. The fourth-order valence-electron chi connectivity index (χ4n) is 2.02. The summed E-state index contributed by atoms with van der Waals surface area (Å²) >= 11 is 0. The quantitative estimate of drug-likeness (QED) is 0.335. The lowest BCUT2D eigenvalue weighted by Gasteiger charge is -2.37. The van der Waals surface area contributed by atoms with E-state index in [1.807, 2.05) is 6.92 Å². The van der Waals surface area contributed by atoms with Gasteiger partial charge in [-0.05, 0) is 55.9 Å². The van der Waals surface area contributed by atoms with Crippen LogP contribution in [0.25, 0.3) is 0 Å². The van der Waals surface area contributed by atoms with Crippen molar-refractivity contribution in [1.29, 1.82) is 0 Å². The Morgan fingerprint density at radius 3 is 2.20 bits per heavy atom. The van der Waals surface area contributed by atoms with Crippen molar-refractivity contribution in [3.05, 3.63) is 29.8 Å². The SMILES string of the molecule is Cc1ccc(S(=O)(=O)OCCC[C@H](C)CO[Si](C)(C)C(C)(C)C)cc1. The van der Waals surface area contributed by atoms with Gasteiger partial charge in [0.25, 0.3) is 10.1 Å². The molecular weight excluding hydrogens is 352 g/mol. The van der Waals surface area contributed by atoms with Gasteiger partial charge >= 0.3 is 0 Å². The highest BCUT2D eigenvalue weighted by molar-refractivity contribution is 7.86. The van der Waals surface area contributed by atoms with Crippen LogP contribution in [0.2, 0.25) is 18.1 Å². The van der Waals surface area contributed by atoms with Crippen LogP contribution < -0.4 is 0 Å². The van der Waals surface area contributed by atoms with Gasteiger partial charge in [-0.2, -0.15) is 8.42 Å². The van der Waals surface area contributed by atoms with Crippen LogP contribution in [-0.2, 0) is 18.7 Å². The molecule has 0 bridgehead atoms. The van der Waals surface area contributed by atoms with E-state index in [9.17, 15) is 8.42 Å². The summed E-state index contributed by atoms with van der Waals surface area (Å²) in [5, 5.41) is 0.206. The summed E-state index contributed by atoms with van der Waals surface area (Å²) in [4.78, 5) is 0.215. The summed E-state index contributed by atoms with van der Waals surface area (Å²) in [5.74, 6) is 0.389. The number of rotatable bonds is 9. The first-order chi connectivity index (χ1) is 11.3. The minimum absolute atomic E-state index is 0.206. The number of hydrogen-bond acceptors (Lipinski definition) is 4. The van der Waals surface area contributed by atoms with Crippen LogP contribution in [0.1, 0.15) is 46.1 Å². The van der Waals surface area contributed by atoms with Gasteiger partial charge in [0.15, 0.2) is 8.32 Å². The summed E-state index contributed by atoms with van der Waals surface area (Å²) in [7, 11) is -5.38. The third kappa shape index (κ3) is 7.21. The zero-order valence-corrected chi connectivity index (χ0v) is 18.6. The van der Waals surface area contributed by atoms with Gasteiger partial charge in [-0.25, -0.2) is 0 Å². The first-order valence-electron chi connectivity index (χ1n) is 8.95. The Labute approximate surface area is 155 Å². The van der Waals surface area contributed by atoms with Crippen molar-refractivity contribution in [2.45, 2.75) is 70.5 Å². The van der Waals surface area contributed by atoms with Crippen molar-refractivity contribution < 1.29 is 17.0 Å². The van der Waals surface area contributed by atoms with Crippen molar-refractivity contribution in [3.8, 4) is 0 Å². The maximum Gasteiger partial charge on any atom is 0.296 e. The predicted molar refractivity (Wildman–Crippen MR) is 106 cm³/mol. The molecule has 0 heterocycles. The van der Waals surface area contributed by atoms with E-state index < -0.39 is 18.4 Å². The van der Waals surface area contributed by atoms with Gasteiger partial charge in [0.1, 0.15) is 0 Å². The molecule has 0 saturated heterocycles. The second-order valence-corrected chi connectivity index (χ2v) is 14.8. The smallest absolute Gasteiger partial charge is 0.296 e. The Morgan fingerprint density at radius 1 is 1.12 bits per heavy atom. The number of aryl methyl sites for hydroxylation is 1. The van der Waals surface area contributed by atoms with Gasteiger partial charge in [0.05, 0.1) is 11.5 Å². The fourth-order valence-corrected chi connectivity index (χ4v) is 4.10. The van der Waals surface area contributed by atoms with Crippen LogP contribution >= 0.6 is 0 Å². The molecule has 0 unspecified atom stereocenters. The first-order valence-corrected chi connectivity index (χ1v) is 13.3. The highest BCUT2D eigenvalue weighted by Gasteiger charge is 2.37. The summed E-state index contributed by atoms with van der Waals surface area (Å²) in [5.41, 5.74) is 1.02. The lowest BCUT2D eigenvalue weighted by Crippen LogP contribution is -2.41. The monoisotopic (exact) mass is 386 g/mol. The molecule has 144 valence electrons. The zero-order valence-electron chi connectivity index (χ0n) is 16.8. The molecule has 0 aliphatic heterocycles. The van der Waals surface area contributed by atoms with Crippen LogP contribution in [0.5, 0.6) is 0 Å². The number of hydrogen-bond donors (Lipinski definition) is 0. The normalized spacial score (nSPS) is 14.5. The Morgan fingerprint density at radius 2 is 1.68 bits per heavy atom. The van der Waals surface area contributed by atoms with Crippen molar-refractivity contribution >= 4 is 18.4 Å². The van der Waals surface area contributed by atoms with E-state index in [4.69, 9.17) is 8.61 Å². The molecule has 0 spiro atoms. The molecule has 1 rings (SSSR count). The third-order valence-electron chi connectivity index (χ3n) is 4.92. The van der Waals surface area contributed by atoms with Gasteiger partial charge in [0.2, 0.25) is 0 Å². The lowest BCUT2D eigenvalue weighted by molar-refractivity contribution is 0.219. The maximum absolute atomic E-state index is 12.1. The number of benzene rings is 1. The van der Waals surface area contributed by atoms with Crippen molar-refractivity contribution in [2.24, 2.45) is 5.92 Å². The molecule has 25 heavy (non-hydrogen) atoms. The lowest BCUT2D eigenvalue weighted by atomic mass is 10.1. The average molecular weight is 387 g/mol. The highest BCUT2D eigenvalue weighted by Crippen LogP contribution is 2.36. The molecule has 6 heteroatoms. The van der Waals surface area contributed by atoms with E-state index in [0.29, 0.717) is 12.3 Å². The molecule has 1 aromatic rings. The second-order valence-electron chi connectivity index (χ2n) is 8.41. The Hall–Kier alpha value is -0.693. The topological polar surface area (TPSA) is 52.6 Å². The molecular formula is C19H34O4SSi. The molecule has 4 nitrogen and oxygen atoms in total. The molecule has 0 aliphatic carbocycles. The van der Waals surface area contributed by atoms with E-state index in [1.165, 1.54) is 0 Å².